The second-order valence-corrected chi connectivity index (χ2v) is 12.4. The summed E-state index contributed by atoms with van der Waals surface area (Å²) in [6, 6.07) is 38.9. The lowest BCUT2D eigenvalue weighted by molar-refractivity contribution is 0.0725. The number of esters is 2. The van der Waals surface area contributed by atoms with Crippen molar-refractivity contribution in [2.75, 3.05) is 0 Å². The minimum atomic E-state index is -0.359. The maximum atomic E-state index is 12.7. The zero-order valence-electron chi connectivity index (χ0n) is 28.3. The van der Waals surface area contributed by atoms with Crippen molar-refractivity contribution in [1.82, 2.24) is 0 Å². The summed E-state index contributed by atoms with van der Waals surface area (Å²) >= 11 is 0. The fraction of sp³-hybridized carbons (Fsp3) is 0.273. The van der Waals surface area contributed by atoms with Gasteiger partial charge in [-0.05, 0) is 114 Å². The summed E-state index contributed by atoms with van der Waals surface area (Å²) in [7, 11) is 0. The van der Waals surface area contributed by atoms with Crippen LogP contribution in [0.4, 0.5) is 0 Å². The number of carbonyl (C=O) groups excluding carboxylic acids is 2. The van der Waals surface area contributed by atoms with Crippen molar-refractivity contribution >= 4 is 11.9 Å². The van der Waals surface area contributed by atoms with E-state index in [1.165, 1.54) is 62.5 Å². The number of rotatable bonds is 16. The molecule has 5 aromatic rings. The maximum absolute atomic E-state index is 12.7. The number of hydrogen-bond donors (Lipinski definition) is 0. The minimum Gasteiger partial charge on any atom is -0.423 e. The van der Waals surface area contributed by atoms with Crippen molar-refractivity contribution in [2.24, 2.45) is 0 Å². The van der Waals surface area contributed by atoms with Gasteiger partial charge < -0.3 is 9.47 Å². The smallest absolute Gasteiger partial charge is 0.343 e. The van der Waals surface area contributed by atoms with Gasteiger partial charge in [-0.25, -0.2) is 9.59 Å². The van der Waals surface area contributed by atoms with Gasteiger partial charge in [0, 0.05) is 0 Å². The van der Waals surface area contributed by atoms with E-state index in [9.17, 15) is 9.59 Å². The Bertz CT molecular complexity index is 1610. The van der Waals surface area contributed by atoms with Crippen molar-refractivity contribution in [3.8, 4) is 33.8 Å². The van der Waals surface area contributed by atoms with Crippen molar-refractivity contribution in [3.63, 3.8) is 0 Å². The van der Waals surface area contributed by atoms with Crippen LogP contribution < -0.4 is 9.47 Å². The van der Waals surface area contributed by atoms with E-state index in [1.807, 2.05) is 103 Å². The van der Waals surface area contributed by atoms with Crippen LogP contribution in [0, 0.1) is 0 Å². The zero-order valence-corrected chi connectivity index (χ0v) is 28.3. The minimum absolute atomic E-state index is 0.359. The highest BCUT2D eigenvalue weighted by Gasteiger charge is 2.11. The van der Waals surface area contributed by atoms with Crippen LogP contribution in [-0.4, -0.2) is 11.9 Å². The summed E-state index contributed by atoms with van der Waals surface area (Å²) in [6.07, 6.45) is 11.9. The van der Waals surface area contributed by atoms with Crippen LogP contribution in [0.5, 0.6) is 11.5 Å². The van der Waals surface area contributed by atoms with Crippen molar-refractivity contribution in [3.05, 3.63) is 144 Å². The Morgan fingerprint density at radius 3 is 1.21 bits per heavy atom. The van der Waals surface area contributed by atoms with E-state index < -0.39 is 0 Å². The third-order valence-corrected chi connectivity index (χ3v) is 8.68. The first-order chi connectivity index (χ1) is 23.5. The molecule has 5 rings (SSSR count). The largest absolute Gasteiger partial charge is 0.423 e. The van der Waals surface area contributed by atoms with Crippen LogP contribution in [-0.2, 0) is 12.8 Å². The summed E-state index contributed by atoms with van der Waals surface area (Å²) < 4.78 is 11.3. The Morgan fingerprint density at radius 1 is 0.438 bits per heavy atom. The Labute approximate surface area is 285 Å². The van der Waals surface area contributed by atoms with Crippen LogP contribution in [0.15, 0.2) is 121 Å². The molecule has 0 aliphatic heterocycles. The van der Waals surface area contributed by atoms with Gasteiger partial charge in [-0.15, -0.1) is 0 Å². The highest BCUT2D eigenvalue weighted by molar-refractivity contribution is 5.91. The number of hydrogen-bond acceptors (Lipinski definition) is 4. The van der Waals surface area contributed by atoms with Gasteiger partial charge in [0.1, 0.15) is 11.5 Å². The van der Waals surface area contributed by atoms with Crippen molar-refractivity contribution < 1.29 is 19.1 Å². The lowest BCUT2D eigenvalue weighted by atomic mass is 9.99. The molecule has 0 unspecified atom stereocenters. The quantitative estimate of drug-likeness (QED) is 0.0613. The third-order valence-electron chi connectivity index (χ3n) is 8.68. The molecular formula is C44H46O4. The molecule has 0 aliphatic rings. The molecule has 0 N–H and O–H groups in total. The molecule has 0 saturated carbocycles. The van der Waals surface area contributed by atoms with E-state index in [0.29, 0.717) is 22.6 Å². The summed E-state index contributed by atoms with van der Waals surface area (Å²) in [4.78, 5) is 25.5. The first kappa shape index (κ1) is 34.4. The molecule has 0 aliphatic carbocycles. The van der Waals surface area contributed by atoms with Gasteiger partial charge in [-0.3, -0.25) is 0 Å². The molecule has 0 atom stereocenters. The zero-order chi connectivity index (χ0) is 33.6. The van der Waals surface area contributed by atoms with E-state index in [-0.39, 0.29) is 11.9 Å². The fourth-order valence-electron chi connectivity index (χ4n) is 5.77. The summed E-state index contributed by atoms with van der Waals surface area (Å²) in [6.45, 7) is 4.43. The second-order valence-electron chi connectivity index (χ2n) is 12.4. The predicted octanol–water partition coefficient (Wildman–Crippen LogP) is 11.7. The molecule has 0 bridgehead atoms. The Morgan fingerprint density at radius 2 is 0.833 bits per heavy atom. The Hall–Kier alpha value is -4.96. The normalized spacial score (nSPS) is 10.9. The molecule has 0 heterocycles. The van der Waals surface area contributed by atoms with Gasteiger partial charge >= 0.3 is 11.9 Å². The maximum Gasteiger partial charge on any atom is 0.343 e. The van der Waals surface area contributed by atoms with Crippen LogP contribution in [0.3, 0.4) is 0 Å². The average Bonchev–Trinajstić information content (AvgIpc) is 3.13. The van der Waals surface area contributed by atoms with E-state index in [0.717, 1.165) is 35.1 Å². The van der Waals surface area contributed by atoms with Crippen molar-refractivity contribution in [1.29, 1.82) is 0 Å². The SMILES string of the molecule is CCCCCCc1ccc(C(=O)Oc2ccc(-c3cccc(-c4ccc(OC(=O)c5ccc(CCCCCC)cc5)cc4)c3)cc2)cc1. The molecule has 5 aromatic carbocycles. The van der Waals surface area contributed by atoms with Crippen LogP contribution in [0.25, 0.3) is 22.3 Å². The topological polar surface area (TPSA) is 52.6 Å². The van der Waals surface area contributed by atoms with Gasteiger partial charge in [0.15, 0.2) is 0 Å². The number of aryl methyl sites for hydroxylation is 2. The molecule has 48 heavy (non-hydrogen) atoms. The average molecular weight is 639 g/mol. The van der Waals surface area contributed by atoms with E-state index in [4.69, 9.17) is 9.47 Å². The monoisotopic (exact) mass is 638 g/mol. The number of ether oxygens (including phenoxy) is 2. The van der Waals surface area contributed by atoms with Gasteiger partial charge in [0.05, 0.1) is 11.1 Å². The molecule has 0 spiro atoms. The number of unbranched alkanes of at least 4 members (excludes halogenated alkanes) is 6. The Balaban J connectivity index is 1.15. The lowest BCUT2D eigenvalue weighted by Crippen LogP contribution is -2.08. The van der Waals surface area contributed by atoms with Gasteiger partial charge in [-0.1, -0.05) is 119 Å². The molecule has 0 aromatic heterocycles. The van der Waals surface area contributed by atoms with Crippen LogP contribution in [0.2, 0.25) is 0 Å². The highest BCUT2D eigenvalue weighted by atomic mass is 16.5. The molecule has 0 radical (unpaired) electrons. The number of carbonyl (C=O) groups is 2. The first-order valence-corrected chi connectivity index (χ1v) is 17.5. The summed E-state index contributed by atoms with van der Waals surface area (Å²) in [5.74, 6) is 0.295. The fourth-order valence-corrected chi connectivity index (χ4v) is 5.77. The van der Waals surface area contributed by atoms with Gasteiger partial charge in [0.25, 0.3) is 0 Å². The second kappa shape index (κ2) is 17.8. The van der Waals surface area contributed by atoms with E-state index >= 15 is 0 Å². The molecular weight excluding hydrogens is 592 g/mol. The van der Waals surface area contributed by atoms with Crippen molar-refractivity contribution in [2.45, 2.75) is 78.1 Å². The highest BCUT2D eigenvalue weighted by Crippen LogP contribution is 2.29. The Kier molecular flexibility index (Phi) is 12.8. The molecule has 4 heteroatoms. The van der Waals surface area contributed by atoms with Gasteiger partial charge in [0.2, 0.25) is 0 Å². The first-order valence-electron chi connectivity index (χ1n) is 17.5. The summed E-state index contributed by atoms with van der Waals surface area (Å²) in [5.41, 5.74) is 7.72. The van der Waals surface area contributed by atoms with Crippen LogP contribution in [0.1, 0.15) is 97.1 Å². The van der Waals surface area contributed by atoms with Gasteiger partial charge in [-0.2, -0.15) is 0 Å². The molecule has 246 valence electrons. The van der Waals surface area contributed by atoms with E-state index in [1.54, 1.807) is 0 Å². The summed E-state index contributed by atoms with van der Waals surface area (Å²) in [5, 5.41) is 0. The van der Waals surface area contributed by atoms with E-state index in [2.05, 4.69) is 32.0 Å². The molecule has 0 amide bonds. The lowest BCUT2D eigenvalue weighted by Gasteiger charge is -2.09. The number of benzene rings is 5. The molecule has 0 fully saturated rings. The standard InChI is InChI=1S/C44H46O4/c1-3-5-7-9-12-33-16-20-37(21-17-33)43(45)47-41-28-24-35(25-29-41)39-14-11-15-40(32-39)36-26-30-42(31-27-36)48-44(46)38-22-18-34(19-23-38)13-10-8-6-4-2/h11,14-32H,3-10,12-13H2,1-2H3. The molecule has 0 saturated heterocycles. The third kappa shape index (κ3) is 10.0. The van der Waals surface area contributed by atoms with Crippen LogP contribution >= 0.6 is 0 Å². The molecule has 4 nitrogen and oxygen atoms in total. The predicted molar refractivity (Wildman–Crippen MR) is 196 cm³/mol.